The van der Waals surface area contributed by atoms with Crippen LogP contribution in [0.3, 0.4) is 0 Å². The Bertz CT molecular complexity index is 623. The SMILES string of the molecule is CN(Cc1ccc(C(N)=S)cc1Cl)Cc1nccn1C. The molecule has 0 aliphatic heterocycles. The lowest BCUT2D eigenvalue weighted by Gasteiger charge is -2.17. The number of hydrogen-bond donors (Lipinski definition) is 1. The zero-order chi connectivity index (χ0) is 14.7. The van der Waals surface area contributed by atoms with Gasteiger partial charge in [-0.3, -0.25) is 4.90 Å². The summed E-state index contributed by atoms with van der Waals surface area (Å²) in [7, 11) is 4.02. The van der Waals surface area contributed by atoms with Gasteiger partial charge in [-0.05, 0) is 18.7 Å². The van der Waals surface area contributed by atoms with E-state index in [1.807, 2.05) is 43.1 Å². The van der Waals surface area contributed by atoms with Crippen molar-refractivity contribution in [3.05, 3.63) is 52.6 Å². The molecule has 0 unspecified atom stereocenters. The molecule has 0 fully saturated rings. The monoisotopic (exact) mass is 308 g/mol. The third-order valence-electron chi connectivity index (χ3n) is 3.11. The van der Waals surface area contributed by atoms with Crippen LogP contribution in [0, 0.1) is 0 Å². The first-order valence-electron chi connectivity index (χ1n) is 6.20. The molecule has 2 N–H and O–H groups in total. The van der Waals surface area contributed by atoms with Crippen LogP contribution in [0.2, 0.25) is 5.02 Å². The Kier molecular flexibility index (Phi) is 4.75. The average molecular weight is 309 g/mol. The molecule has 6 heteroatoms. The van der Waals surface area contributed by atoms with E-state index in [1.54, 1.807) is 6.20 Å². The Morgan fingerprint density at radius 3 is 2.75 bits per heavy atom. The van der Waals surface area contributed by atoms with Crippen molar-refractivity contribution in [2.75, 3.05) is 7.05 Å². The van der Waals surface area contributed by atoms with E-state index < -0.39 is 0 Å². The lowest BCUT2D eigenvalue weighted by atomic mass is 10.1. The predicted molar refractivity (Wildman–Crippen MR) is 85.7 cm³/mol. The number of halogens is 1. The minimum atomic E-state index is 0.361. The standard InChI is InChI=1S/C14H17ClN4S/c1-18(9-13-17-5-6-19(13)2)8-11-4-3-10(14(16)20)7-12(11)15/h3-7H,8-9H2,1-2H3,(H2,16,20). The van der Waals surface area contributed by atoms with E-state index in [1.165, 1.54) is 0 Å². The van der Waals surface area contributed by atoms with Gasteiger partial charge in [0.1, 0.15) is 10.8 Å². The number of nitrogens with zero attached hydrogens (tertiary/aromatic N) is 3. The molecular formula is C14H17ClN4S. The summed E-state index contributed by atoms with van der Waals surface area (Å²) in [5, 5.41) is 0.682. The van der Waals surface area contributed by atoms with Crippen molar-refractivity contribution >= 4 is 28.8 Å². The Morgan fingerprint density at radius 1 is 1.45 bits per heavy atom. The molecule has 0 amide bonds. The maximum absolute atomic E-state index is 6.27. The molecule has 0 saturated heterocycles. The summed E-state index contributed by atoms with van der Waals surface area (Å²) < 4.78 is 2.01. The largest absolute Gasteiger partial charge is 0.389 e. The van der Waals surface area contributed by atoms with Crippen molar-refractivity contribution in [2.45, 2.75) is 13.1 Å². The van der Waals surface area contributed by atoms with Crippen LogP contribution in [0.1, 0.15) is 17.0 Å². The van der Waals surface area contributed by atoms with Crippen molar-refractivity contribution in [3.8, 4) is 0 Å². The lowest BCUT2D eigenvalue weighted by molar-refractivity contribution is 0.307. The molecule has 1 heterocycles. The van der Waals surface area contributed by atoms with Gasteiger partial charge in [0.05, 0.1) is 6.54 Å². The fourth-order valence-corrected chi connectivity index (χ4v) is 2.33. The number of aromatic nitrogens is 2. The Balaban J connectivity index is 2.06. The van der Waals surface area contributed by atoms with E-state index >= 15 is 0 Å². The van der Waals surface area contributed by atoms with Gasteiger partial charge in [-0.1, -0.05) is 36.0 Å². The topological polar surface area (TPSA) is 47.1 Å². The van der Waals surface area contributed by atoms with Gasteiger partial charge in [0.2, 0.25) is 0 Å². The molecule has 2 rings (SSSR count). The van der Waals surface area contributed by atoms with E-state index in [0.29, 0.717) is 10.0 Å². The molecule has 0 aliphatic carbocycles. The van der Waals surface area contributed by atoms with E-state index in [0.717, 1.165) is 30.0 Å². The molecule has 0 saturated carbocycles. The van der Waals surface area contributed by atoms with Crippen molar-refractivity contribution < 1.29 is 0 Å². The summed E-state index contributed by atoms with van der Waals surface area (Å²) >= 11 is 11.2. The fraction of sp³-hybridized carbons (Fsp3) is 0.286. The van der Waals surface area contributed by atoms with Crippen molar-refractivity contribution in [2.24, 2.45) is 12.8 Å². The maximum atomic E-state index is 6.27. The summed E-state index contributed by atoms with van der Waals surface area (Å²) in [6, 6.07) is 5.68. The second kappa shape index (κ2) is 6.35. The zero-order valence-corrected chi connectivity index (χ0v) is 13.1. The molecule has 0 radical (unpaired) electrons. The summed E-state index contributed by atoms with van der Waals surface area (Å²) in [4.78, 5) is 6.83. The molecule has 0 bridgehead atoms. The first-order chi connectivity index (χ1) is 9.47. The number of aryl methyl sites for hydroxylation is 1. The summed E-state index contributed by atoms with van der Waals surface area (Å²) in [6.07, 6.45) is 3.74. The highest BCUT2D eigenvalue weighted by molar-refractivity contribution is 7.80. The van der Waals surface area contributed by atoms with Crippen LogP contribution >= 0.6 is 23.8 Å². The van der Waals surface area contributed by atoms with Crippen molar-refractivity contribution in [1.82, 2.24) is 14.5 Å². The van der Waals surface area contributed by atoms with Gasteiger partial charge in [-0.15, -0.1) is 0 Å². The summed E-state index contributed by atoms with van der Waals surface area (Å²) in [6.45, 7) is 1.50. The second-order valence-corrected chi connectivity index (χ2v) is 5.64. The van der Waals surface area contributed by atoms with Crippen LogP contribution in [0.15, 0.2) is 30.6 Å². The number of benzene rings is 1. The fourth-order valence-electron chi connectivity index (χ4n) is 1.97. The third kappa shape index (κ3) is 3.56. The van der Waals surface area contributed by atoms with Crippen LogP contribution in [0.25, 0.3) is 0 Å². The van der Waals surface area contributed by atoms with Crippen molar-refractivity contribution in [3.63, 3.8) is 0 Å². The maximum Gasteiger partial charge on any atom is 0.122 e. The number of rotatable bonds is 5. The molecule has 0 atom stereocenters. The second-order valence-electron chi connectivity index (χ2n) is 4.80. The number of thiocarbonyl (C=S) groups is 1. The smallest absolute Gasteiger partial charge is 0.122 e. The predicted octanol–water partition coefficient (Wildman–Crippen LogP) is 2.34. The molecule has 20 heavy (non-hydrogen) atoms. The average Bonchev–Trinajstić information content (AvgIpc) is 2.77. The first kappa shape index (κ1) is 15.0. The Labute approximate surface area is 129 Å². The van der Waals surface area contributed by atoms with E-state index in [2.05, 4.69) is 9.88 Å². The van der Waals surface area contributed by atoms with Crippen LogP contribution in [0.5, 0.6) is 0 Å². The highest BCUT2D eigenvalue weighted by atomic mass is 35.5. The van der Waals surface area contributed by atoms with Gasteiger partial charge in [-0.2, -0.15) is 0 Å². The zero-order valence-electron chi connectivity index (χ0n) is 11.5. The van der Waals surface area contributed by atoms with Crippen LogP contribution < -0.4 is 5.73 Å². The number of hydrogen-bond acceptors (Lipinski definition) is 3. The third-order valence-corrected chi connectivity index (χ3v) is 3.70. The molecule has 0 aliphatic rings. The molecule has 1 aromatic heterocycles. The van der Waals surface area contributed by atoms with Gasteiger partial charge < -0.3 is 10.3 Å². The minimum Gasteiger partial charge on any atom is -0.389 e. The normalized spacial score (nSPS) is 11.0. The van der Waals surface area contributed by atoms with E-state index in [-0.39, 0.29) is 0 Å². The first-order valence-corrected chi connectivity index (χ1v) is 6.99. The molecule has 0 spiro atoms. The Morgan fingerprint density at radius 2 is 2.20 bits per heavy atom. The molecule has 1 aromatic carbocycles. The van der Waals surface area contributed by atoms with E-state index in [4.69, 9.17) is 29.6 Å². The molecule has 2 aromatic rings. The van der Waals surface area contributed by atoms with Crippen LogP contribution in [0.4, 0.5) is 0 Å². The number of imidazole rings is 1. The van der Waals surface area contributed by atoms with Crippen LogP contribution in [-0.4, -0.2) is 26.5 Å². The van der Waals surface area contributed by atoms with Gasteiger partial charge in [0, 0.05) is 36.6 Å². The molecular weight excluding hydrogens is 292 g/mol. The summed E-state index contributed by atoms with van der Waals surface area (Å²) in [5.74, 6) is 1.02. The quantitative estimate of drug-likeness (QED) is 0.861. The lowest BCUT2D eigenvalue weighted by Crippen LogP contribution is -2.20. The van der Waals surface area contributed by atoms with Gasteiger partial charge in [0.25, 0.3) is 0 Å². The van der Waals surface area contributed by atoms with E-state index in [9.17, 15) is 0 Å². The van der Waals surface area contributed by atoms with Gasteiger partial charge in [-0.25, -0.2) is 4.98 Å². The van der Waals surface area contributed by atoms with Crippen LogP contribution in [-0.2, 0) is 20.1 Å². The summed E-state index contributed by atoms with van der Waals surface area (Å²) in [5.41, 5.74) is 7.43. The Hall–Kier alpha value is -1.43. The molecule has 106 valence electrons. The van der Waals surface area contributed by atoms with Gasteiger partial charge in [0.15, 0.2) is 0 Å². The highest BCUT2D eigenvalue weighted by Crippen LogP contribution is 2.20. The molecule has 4 nitrogen and oxygen atoms in total. The minimum absolute atomic E-state index is 0.361. The highest BCUT2D eigenvalue weighted by Gasteiger charge is 2.09. The van der Waals surface area contributed by atoms with Crippen molar-refractivity contribution in [1.29, 1.82) is 0 Å². The van der Waals surface area contributed by atoms with Gasteiger partial charge >= 0.3 is 0 Å². The number of nitrogens with two attached hydrogens (primary N) is 1.